The molecule has 19 heavy (non-hydrogen) atoms. The third-order valence-corrected chi connectivity index (χ3v) is 3.82. The maximum Gasteiger partial charge on any atom is 0.137 e. The van der Waals surface area contributed by atoms with Crippen molar-refractivity contribution in [3.63, 3.8) is 0 Å². The van der Waals surface area contributed by atoms with Crippen LogP contribution in [-0.2, 0) is 6.42 Å². The minimum atomic E-state index is -0.329. The van der Waals surface area contributed by atoms with Crippen LogP contribution in [0.1, 0.15) is 17.2 Å². The molecule has 2 aromatic rings. The Bertz CT molecular complexity index is 582. The van der Waals surface area contributed by atoms with Gasteiger partial charge in [0, 0.05) is 10.5 Å². The lowest BCUT2D eigenvalue weighted by Gasteiger charge is -2.13. The van der Waals surface area contributed by atoms with E-state index in [1.54, 1.807) is 12.1 Å². The molecule has 0 amide bonds. The van der Waals surface area contributed by atoms with Crippen LogP contribution in [0, 0.1) is 11.6 Å². The zero-order valence-electron chi connectivity index (χ0n) is 9.84. The molecule has 0 radical (unpaired) electrons. The normalized spacial score (nSPS) is 12.5. The van der Waals surface area contributed by atoms with E-state index >= 15 is 0 Å². The zero-order chi connectivity index (χ0) is 14.0. The highest BCUT2D eigenvalue weighted by Gasteiger charge is 2.10. The molecule has 0 spiro atoms. The highest BCUT2D eigenvalue weighted by molar-refractivity contribution is 9.10. The lowest BCUT2D eigenvalue weighted by molar-refractivity contribution is 0.615. The molecule has 0 fully saturated rings. The van der Waals surface area contributed by atoms with Gasteiger partial charge in [-0.25, -0.2) is 8.78 Å². The number of halogens is 4. The van der Waals surface area contributed by atoms with E-state index in [4.69, 9.17) is 5.73 Å². The zero-order valence-corrected chi connectivity index (χ0v) is 13.0. The van der Waals surface area contributed by atoms with Crippen molar-refractivity contribution in [3.05, 3.63) is 68.1 Å². The fraction of sp³-hybridized carbons (Fsp3) is 0.143. The fourth-order valence-electron chi connectivity index (χ4n) is 1.84. The Morgan fingerprint density at radius 1 is 1.05 bits per heavy atom. The van der Waals surface area contributed by atoms with Crippen LogP contribution >= 0.6 is 31.9 Å². The van der Waals surface area contributed by atoms with Crippen molar-refractivity contribution in [2.45, 2.75) is 12.5 Å². The summed E-state index contributed by atoms with van der Waals surface area (Å²) in [4.78, 5) is 0. The Labute approximate surface area is 127 Å². The summed E-state index contributed by atoms with van der Waals surface area (Å²) in [6, 6.07) is 8.99. The SMILES string of the molecule is NC(Cc1cc(F)cc(Br)c1)c1ccc(F)c(Br)c1. The Kier molecular flexibility index (Phi) is 4.71. The van der Waals surface area contributed by atoms with E-state index in [-0.39, 0.29) is 17.7 Å². The van der Waals surface area contributed by atoms with Crippen LogP contribution in [0.5, 0.6) is 0 Å². The van der Waals surface area contributed by atoms with Gasteiger partial charge < -0.3 is 5.73 Å². The third kappa shape index (κ3) is 3.84. The van der Waals surface area contributed by atoms with E-state index in [1.165, 1.54) is 18.2 Å². The summed E-state index contributed by atoms with van der Waals surface area (Å²) in [6.45, 7) is 0. The molecule has 2 rings (SSSR count). The minimum Gasteiger partial charge on any atom is -0.324 e. The van der Waals surface area contributed by atoms with Crippen molar-refractivity contribution in [3.8, 4) is 0 Å². The molecule has 0 saturated carbocycles. The molecular formula is C14H11Br2F2N. The van der Waals surface area contributed by atoms with E-state index < -0.39 is 0 Å². The summed E-state index contributed by atoms with van der Waals surface area (Å²) in [7, 11) is 0. The van der Waals surface area contributed by atoms with Gasteiger partial charge in [0.1, 0.15) is 11.6 Å². The first kappa shape index (κ1) is 14.6. The summed E-state index contributed by atoms with van der Waals surface area (Å²) < 4.78 is 27.5. The maximum absolute atomic E-state index is 13.3. The van der Waals surface area contributed by atoms with E-state index in [9.17, 15) is 8.78 Å². The molecule has 0 saturated heterocycles. The predicted molar refractivity (Wildman–Crippen MR) is 78.8 cm³/mol. The fourth-order valence-corrected chi connectivity index (χ4v) is 2.75. The predicted octanol–water partition coefficient (Wildman–Crippen LogP) is 4.73. The Morgan fingerprint density at radius 3 is 2.42 bits per heavy atom. The third-order valence-electron chi connectivity index (χ3n) is 2.75. The number of hydrogen-bond donors (Lipinski definition) is 1. The maximum atomic E-state index is 13.3. The van der Waals surface area contributed by atoms with Crippen LogP contribution in [0.15, 0.2) is 45.3 Å². The Balaban J connectivity index is 2.20. The summed E-state index contributed by atoms with van der Waals surface area (Å²) in [5, 5.41) is 0. The average Bonchev–Trinajstić information content (AvgIpc) is 2.31. The van der Waals surface area contributed by atoms with Gasteiger partial charge in [-0.1, -0.05) is 22.0 Å². The van der Waals surface area contributed by atoms with Gasteiger partial charge in [-0.2, -0.15) is 0 Å². The van der Waals surface area contributed by atoms with E-state index in [2.05, 4.69) is 31.9 Å². The molecule has 0 bridgehead atoms. The average molecular weight is 391 g/mol. The van der Waals surface area contributed by atoms with Crippen LogP contribution in [-0.4, -0.2) is 0 Å². The van der Waals surface area contributed by atoms with Crippen LogP contribution < -0.4 is 5.73 Å². The summed E-state index contributed by atoms with van der Waals surface area (Å²) in [6.07, 6.45) is 0.481. The van der Waals surface area contributed by atoms with Gasteiger partial charge in [0.25, 0.3) is 0 Å². The Hall–Kier alpha value is -0.780. The van der Waals surface area contributed by atoms with Crippen molar-refractivity contribution in [1.82, 2.24) is 0 Å². The smallest absolute Gasteiger partial charge is 0.137 e. The molecule has 100 valence electrons. The van der Waals surface area contributed by atoms with Crippen molar-refractivity contribution in [2.24, 2.45) is 5.73 Å². The van der Waals surface area contributed by atoms with Crippen molar-refractivity contribution in [2.75, 3.05) is 0 Å². The van der Waals surface area contributed by atoms with Gasteiger partial charge >= 0.3 is 0 Å². The van der Waals surface area contributed by atoms with Gasteiger partial charge in [-0.15, -0.1) is 0 Å². The van der Waals surface area contributed by atoms with Crippen LogP contribution in [0.2, 0.25) is 0 Å². The number of nitrogens with two attached hydrogens (primary N) is 1. The van der Waals surface area contributed by atoms with E-state index in [1.807, 2.05) is 6.07 Å². The quantitative estimate of drug-likeness (QED) is 0.805. The highest BCUT2D eigenvalue weighted by atomic mass is 79.9. The van der Waals surface area contributed by atoms with Gasteiger partial charge in [0.2, 0.25) is 0 Å². The molecule has 1 nitrogen and oxygen atoms in total. The van der Waals surface area contributed by atoms with Crippen LogP contribution in [0.4, 0.5) is 8.78 Å². The van der Waals surface area contributed by atoms with Crippen LogP contribution in [0.25, 0.3) is 0 Å². The lowest BCUT2D eigenvalue weighted by atomic mass is 10.00. The van der Waals surface area contributed by atoms with Crippen LogP contribution in [0.3, 0.4) is 0 Å². The van der Waals surface area contributed by atoms with Crippen molar-refractivity contribution < 1.29 is 8.78 Å². The molecule has 0 aromatic heterocycles. The number of benzene rings is 2. The monoisotopic (exact) mass is 389 g/mol. The number of rotatable bonds is 3. The highest BCUT2D eigenvalue weighted by Crippen LogP contribution is 2.24. The summed E-state index contributed by atoms with van der Waals surface area (Å²) >= 11 is 6.37. The molecule has 0 aliphatic heterocycles. The first-order valence-electron chi connectivity index (χ1n) is 5.61. The summed E-state index contributed by atoms with van der Waals surface area (Å²) in [5.74, 6) is -0.638. The second kappa shape index (κ2) is 6.11. The van der Waals surface area contributed by atoms with Crippen molar-refractivity contribution >= 4 is 31.9 Å². The molecule has 1 unspecified atom stereocenters. The van der Waals surface area contributed by atoms with E-state index in [0.717, 1.165) is 11.1 Å². The second-order valence-electron chi connectivity index (χ2n) is 4.26. The lowest BCUT2D eigenvalue weighted by Crippen LogP contribution is -2.13. The molecule has 2 aromatic carbocycles. The molecule has 5 heteroatoms. The molecular weight excluding hydrogens is 380 g/mol. The molecule has 0 heterocycles. The molecule has 0 aliphatic rings. The topological polar surface area (TPSA) is 26.0 Å². The largest absolute Gasteiger partial charge is 0.324 e. The van der Waals surface area contributed by atoms with Gasteiger partial charge in [-0.3, -0.25) is 0 Å². The first-order valence-corrected chi connectivity index (χ1v) is 7.20. The minimum absolute atomic E-state index is 0.308. The van der Waals surface area contributed by atoms with Crippen molar-refractivity contribution in [1.29, 1.82) is 0 Å². The van der Waals surface area contributed by atoms with Gasteiger partial charge in [-0.05, 0) is 63.8 Å². The molecule has 1 atom stereocenters. The molecule has 2 N–H and O–H groups in total. The van der Waals surface area contributed by atoms with Gasteiger partial charge in [0.15, 0.2) is 0 Å². The first-order chi connectivity index (χ1) is 8.95. The molecule has 0 aliphatic carbocycles. The van der Waals surface area contributed by atoms with E-state index in [0.29, 0.717) is 15.4 Å². The second-order valence-corrected chi connectivity index (χ2v) is 6.03. The number of hydrogen-bond acceptors (Lipinski definition) is 1. The summed E-state index contributed by atoms with van der Waals surface area (Å²) in [5.41, 5.74) is 7.66. The van der Waals surface area contributed by atoms with Gasteiger partial charge in [0.05, 0.1) is 4.47 Å². The standard InChI is InChI=1S/C14H11Br2F2N/c15-10-3-8(4-11(17)7-10)5-14(19)9-1-2-13(18)12(16)6-9/h1-4,6-7,14H,5,19H2. The Morgan fingerprint density at radius 2 is 1.79 bits per heavy atom.